The van der Waals surface area contributed by atoms with Crippen molar-refractivity contribution in [1.29, 1.82) is 5.26 Å². The summed E-state index contributed by atoms with van der Waals surface area (Å²) in [6, 6.07) is 5.26. The van der Waals surface area contributed by atoms with E-state index in [1.807, 2.05) is 0 Å². The predicted molar refractivity (Wildman–Crippen MR) is 65.0 cm³/mol. The van der Waals surface area contributed by atoms with Crippen molar-refractivity contribution in [2.24, 2.45) is 0 Å². The van der Waals surface area contributed by atoms with Crippen LogP contribution in [0.2, 0.25) is 0 Å². The summed E-state index contributed by atoms with van der Waals surface area (Å²) in [6.45, 7) is 0. The van der Waals surface area contributed by atoms with E-state index in [-0.39, 0.29) is 10.1 Å². The van der Waals surface area contributed by atoms with Gasteiger partial charge in [-0.1, -0.05) is 15.9 Å². The lowest BCUT2D eigenvalue weighted by molar-refractivity contribution is 0.379. The molecule has 2 rings (SSSR count). The summed E-state index contributed by atoms with van der Waals surface area (Å²) in [4.78, 5) is 0. The van der Waals surface area contributed by atoms with Crippen LogP contribution in [0.25, 0.3) is 0 Å². The number of hydrogen-bond acceptors (Lipinski definition) is 2. The highest BCUT2D eigenvalue weighted by atomic mass is 79.9. The molecule has 0 amide bonds. The fourth-order valence-corrected chi connectivity index (χ4v) is 3.61. The van der Waals surface area contributed by atoms with Gasteiger partial charge in [-0.2, -0.15) is 5.26 Å². The van der Waals surface area contributed by atoms with Gasteiger partial charge in [-0.25, -0.2) is 0 Å². The Hall–Kier alpha value is -0.530. The Labute approximate surface area is 105 Å². The lowest BCUT2D eigenvalue weighted by atomic mass is 9.79. The number of alkyl halides is 1. The van der Waals surface area contributed by atoms with Gasteiger partial charge in [-0.05, 0) is 52.9 Å². The maximum Gasteiger partial charge on any atom is 0.117 e. The molecule has 4 heteroatoms. The van der Waals surface area contributed by atoms with Crippen molar-refractivity contribution in [3.8, 4) is 11.8 Å². The Morgan fingerprint density at radius 3 is 2.53 bits per heavy atom. The highest BCUT2D eigenvalue weighted by Crippen LogP contribution is 2.52. The minimum Gasteiger partial charge on any atom is -0.508 e. The van der Waals surface area contributed by atoms with E-state index in [0.717, 1.165) is 22.9 Å². The molecule has 78 valence electrons. The van der Waals surface area contributed by atoms with Crippen LogP contribution >= 0.6 is 31.9 Å². The SMILES string of the molecule is N#Cc1cc(O)cc(C2(Br)CCC2)c1Br. The Morgan fingerprint density at radius 1 is 1.40 bits per heavy atom. The van der Waals surface area contributed by atoms with E-state index >= 15 is 0 Å². The van der Waals surface area contributed by atoms with Crippen LogP contribution in [-0.4, -0.2) is 5.11 Å². The number of halogens is 2. The van der Waals surface area contributed by atoms with E-state index in [9.17, 15) is 5.11 Å². The third kappa shape index (κ3) is 1.79. The van der Waals surface area contributed by atoms with E-state index < -0.39 is 0 Å². The van der Waals surface area contributed by atoms with Gasteiger partial charge >= 0.3 is 0 Å². The lowest BCUT2D eigenvalue weighted by Crippen LogP contribution is -2.27. The average Bonchev–Trinajstić information content (AvgIpc) is 2.17. The molecule has 0 heterocycles. The van der Waals surface area contributed by atoms with E-state index in [0.29, 0.717) is 5.56 Å². The van der Waals surface area contributed by atoms with Gasteiger partial charge < -0.3 is 5.11 Å². The van der Waals surface area contributed by atoms with Crippen LogP contribution in [0.4, 0.5) is 0 Å². The summed E-state index contributed by atoms with van der Waals surface area (Å²) < 4.78 is 0.732. The van der Waals surface area contributed by atoms with Crippen LogP contribution in [0.15, 0.2) is 16.6 Å². The molecule has 1 saturated carbocycles. The molecule has 0 atom stereocenters. The third-order valence-electron chi connectivity index (χ3n) is 2.81. The fourth-order valence-electron chi connectivity index (χ4n) is 1.77. The summed E-state index contributed by atoms with van der Waals surface area (Å²) in [5.74, 6) is 0.149. The molecule has 0 bridgehead atoms. The van der Waals surface area contributed by atoms with E-state index in [2.05, 4.69) is 37.9 Å². The van der Waals surface area contributed by atoms with Crippen molar-refractivity contribution in [1.82, 2.24) is 0 Å². The number of benzene rings is 1. The number of phenolic OH excluding ortho intramolecular Hbond substituents is 1. The molecule has 1 N–H and O–H groups in total. The van der Waals surface area contributed by atoms with Gasteiger partial charge in [0, 0.05) is 4.47 Å². The van der Waals surface area contributed by atoms with Gasteiger partial charge in [0.05, 0.1) is 9.89 Å². The summed E-state index contributed by atoms with van der Waals surface area (Å²) in [5, 5.41) is 18.5. The number of rotatable bonds is 1. The van der Waals surface area contributed by atoms with Crippen molar-refractivity contribution >= 4 is 31.9 Å². The largest absolute Gasteiger partial charge is 0.508 e. The van der Waals surface area contributed by atoms with Crippen molar-refractivity contribution in [2.75, 3.05) is 0 Å². The minimum atomic E-state index is -0.0594. The molecule has 0 aromatic heterocycles. The molecule has 2 nitrogen and oxygen atoms in total. The van der Waals surface area contributed by atoms with Gasteiger partial charge in [0.1, 0.15) is 11.8 Å². The highest BCUT2D eigenvalue weighted by Gasteiger charge is 2.38. The zero-order valence-electron chi connectivity index (χ0n) is 7.93. The Kier molecular flexibility index (Phi) is 2.78. The van der Waals surface area contributed by atoms with E-state index in [1.54, 1.807) is 6.07 Å². The summed E-state index contributed by atoms with van der Waals surface area (Å²) >= 11 is 7.10. The molecule has 1 aliphatic carbocycles. The van der Waals surface area contributed by atoms with Gasteiger partial charge in [0.15, 0.2) is 0 Å². The molecule has 0 saturated heterocycles. The fraction of sp³-hybridized carbons (Fsp3) is 0.364. The topological polar surface area (TPSA) is 44.0 Å². The first-order chi connectivity index (χ1) is 7.07. The number of nitriles is 1. The van der Waals surface area contributed by atoms with Crippen LogP contribution in [0.1, 0.15) is 30.4 Å². The quantitative estimate of drug-likeness (QED) is 0.796. The smallest absolute Gasteiger partial charge is 0.117 e. The number of phenols is 1. The zero-order chi connectivity index (χ0) is 11.1. The van der Waals surface area contributed by atoms with Crippen LogP contribution in [0.3, 0.4) is 0 Å². The second-order valence-electron chi connectivity index (χ2n) is 3.79. The molecule has 1 fully saturated rings. The molecule has 15 heavy (non-hydrogen) atoms. The normalized spacial score (nSPS) is 17.9. The molecular weight excluding hydrogens is 322 g/mol. The molecular formula is C11H9Br2NO. The van der Waals surface area contributed by atoms with E-state index in [4.69, 9.17) is 5.26 Å². The monoisotopic (exact) mass is 329 g/mol. The summed E-state index contributed by atoms with van der Waals surface area (Å²) in [7, 11) is 0. The van der Waals surface area contributed by atoms with Crippen molar-refractivity contribution in [3.05, 3.63) is 27.7 Å². The van der Waals surface area contributed by atoms with Crippen LogP contribution in [0, 0.1) is 11.3 Å². The second-order valence-corrected chi connectivity index (χ2v) is 6.10. The second kappa shape index (κ2) is 3.80. The predicted octanol–water partition coefficient (Wildman–Crippen LogP) is 3.80. The van der Waals surface area contributed by atoms with Crippen LogP contribution in [0.5, 0.6) is 5.75 Å². The van der Waals surface area contributed by atoms with Crippen molar-refractivity contribution in [2.45, 2.75) is 23.6 Å². The summed E-state index contributed by atoms with van der Waals surface area (Å²) in [6.07, 6.45) is 3.26. The molecule has 1 aromatic carbocycles. The maximum atomic E-state index is 9.54. The van der Waals surface area contributed by atoms with Crippen LogP contribution in [-0.2, 0) is 4.32 Å². The number of nitrogens with zero attached hydrogens (tertiary/aromatic N) is 1. The first-order valence-corrected chi connectivity index (χ1v) is 6.27. The molecule has 1 aromatic rings. The Bertz CT molecular complexity index is 447. The van der Waals surface area contributed by atoms with Crippen LogP contribution < -0.4 is 0 Å². The molecule has 1 aliphatic rings. The first-order valence-electron chi connectivity index (χ1n) is 4.69. The standard InChI is InChI=1S/C11H9Br2NO/c12-10-7(6-14)4-8(15)5-9(10)11(13)2-1-3-11/h4-5,15H,1-3H2. The van der Waals surface area contributed by atoms with Gasteiger partial charge in [0.2, 0.25) is 0 Å². The Balaban J connectivity index is 2.57. The number of aromatic hydroxyl groups is 1. The molecule has 0 spiro atoms. The van der Waals surface area contributed by atoms with Crippen molar-refractivity contribution < 1.29 is 5.11 Å². The zero-order valence-corrected chi connectivity index (χ0v) is 11.1. The molecule has 0 radical (unpaired) electrons. The number of hydrogen-bond donors (Lipinski definition) is 1. The van der Waals surface area contributed by atoms with Gasteiger partial charge in [0.25, 0.3) is 0 Å². The molecule has 0 unspecified atom stereocenters. The van der Waals surface area contributed by atoms with Gasteiger partial charge in [-0.3, -0.25) is 0 Å². The van der Waals surface area contributed by atoms with Crippen molar-refractivity contribution in [3.63, 3.8) is 0 Å². The minimum absolute atomic E-state index is 0.0594. The maximum absolute atomic E-state index is 9.54. The third-order valence-corrected chi connectivity index (χ3v) is 4.88. The first kappa shape index (κ1) is 11.0. The lowest BCUT2D eigenvalue weighted by Gasteiger charge is -2.37. The summed E-state index contributed by atoms with van der Waals surface area (Å²) in [5.41, 5.74) is 1.46. The van der Waals surface area contributed by atoms with E-state index in [1.165, 1.54) is 12.5 Å². The molecule has 0 aliphatic heterocycles. The highest BCUT2D eigenvalue weighted by molar-refractivity contribution is 9.11. The average molecular weight is 331 g/mol. The Morgan fingerprint density at radius 2 is 2.07 bits per heavy atom. The van der Waals surface area contributed by atoms with Gasteiger partial charge in [-0.15, -0.1) is 0 Å².